The van der Waals surface area contributed by atoms with Gasteiger partial charge in [-0.05, 0) is 50.3 Å². The Kier molecular flexibility index (Phi) is 8.33. The molecule has 1 saturated carbocycles. The molecule has 0 aliphatic heterocycles. The van der Waals surface area contributed by atoms with Gasteiger partial charge in [0.25, 0.3) is 0 Å². The number of furan rings is 1. The molecule has 0 saturated heterocycles. The van der Waals surface area contributed by atoms with E-state index in [-0.39, 0.29) is 30.3 Å². The van der Waals surface area contributed by atoms with E-state index in [2.05, 4.69) is 13.8 Å². The smallest absolute Gasteiger partial charge is 0.242 e. The van der Waals surface area contributed by atoms with Crippen molar-refractivity contribution < 1.29 is 14.0 Å². The van der Waals surface area contributed by atoms with Crippen molar-refractivity contribution >= 4 is 11.8 Å². The van der Waals surface area contributed by atoms with Gasteiger partial charge in [-0.25, -0.2) is 0 Å². The second-order valence-electron chi connectivity index (χ2n) is 8.69. The van der Waals surface area contributed by atoms with Crippen molar-refractivity contribution in [2.24, 2.45) is 5.92 Å². The molecule has 0 N–H and O–H groups in total. The van der Waals surface area contributed by atoms with Crippen LogP contribution < -0.4 is 0 Å². The van der Waals surface area contributed by atoms with Gasteiger partial charge in [0.1, 0.15) is 18.1 Å². The molecule has 168 valence electrons. The van der Waals surface area contributed by atoms with Crippen molar-refractivity contribution in [1.29, 1.82) is 0 Å². The lowest BCUT2D eigenvalue weighted by Crippen LogP contribution is -2.45. The topological polar surface area (TPSA) is 53.8 Å². The summed E-state index contributed by atoms with van der Waals surface area (Å²) in [5, 5.41) is 0. The van der Waals surface area contributed by atoms with Crippen LogP contribution in [0.5, 0.6) is 0 Å². The molecule has 5 heteroatoms. The summed E-state index contributed by atoms with van der Waals surface area (Å²) in [6, 6.07) is 14.0. The molecule has 0 spiro atoms. The number of nitrogens with zero attached hydrogens (tertiary/aromatic N) is 2. The molecule has 2 amide bonds. The van der Waals surface area contributed by atoms with Gasteiger partial charge < -0.3 is 14.2 Å². The Morgan fingerprint density at radius 1 is 1.06 bits per heavy atom. The average molecular weight is 425 g/mol. The zero-order valence-corrected chi connectivity index (χ0v) is 19.2. The monoisotopic (exact) mass is 424 g/mol. The predicted octanol–water partition coefficient (Wildman–Crippen LogP) is 5.32. The van der Waals surface area contributed by atoms with E-state index in [0.29, 0.717) is 13.1 Å². The van der Waals surface area contributed by atoms with E-state index in [9.17, 15) is 9.59 Å². The first-order chi connectivity index (χ1) is 15.0. The highest BCUT2D eigenvalue weighted by Crippen LogP contribution is 2.30. The first kappa shape index (κ1) is 23.1. The molecular formula is C26H36N2O3. The zero-order valence-electron chi connectivity index (χ0n) is 19.2. The molecule has 2 aromatic rings. The number of carbonyl (C=O) groups excluding carboxylic acids is 2. The van der Waals surface area contributed by atoms with E-state index >= 15 is 0 Å². The fourth-order valence-corrected chi connectivity index (χ4v) is 4.00. The largest absolute Gasteiger partial charge is 0.464 e. The third-order valence-electron chi connectivity index (χ3n) is 6.04. The van der Waals surface area contributed by atoms with Crippen LogP contribution in [0.3, 0.4) is 0 Å². The Labute approximate surface area is 186 Å². The average Bonchev–Trinajstić information content (AvgIpc) is 3.53. The van der Waals surface area contributed by atoms with Crippen LogP contribution in [0, 0.1) is 12.8 Å². The van der Waals surface area contributed by atoms with Gasteiger partial charge in [-0.3, -0.25) is 9.59 Å². The number of hydrogen-bond acceptors (Lipinski definition) is 3. The fraction of sp³-hybridized carbons (Fsp3) is 0.538. The molecule has 5 nitrogen and oxygen atoms in total. The Morgan fingerprint density at radius 3 is 2.39 bits per heavy atom. The van der Waals surface area contributed by atoms with Crippen LogP contribution in [0.15, 0.2) is 46.9 Å². The standard InChI is InChI=1S/C26H36N2O3/c1-4-6-12-22(5-2)26(30)28(23-14-15-23)19-25(29)27(17-21-10-8-7-9-11-21)18-24-16-13-20(3)31-24/h7-11,13,16,22-23H,4-6,12,14-15,17-19H2,1-3H3/t22-/m0/s1. The lowest BCUT2D eigenvalue weighted by atomic mass is 9.97. The van der Waals surface area contributed by atoms with Gasteiger partial charge >= 0.3 is 0 Å². The third kappa shape index (κ3) is 6.71. The van der Waals surface area contributed by atoms with Crippen LogP contribution in [0.1, 0.15) is 69.5 Å². The number of carbonyl (C=O) groups is 2. The molecule has 31 heavy (non-hydrogen) atoms. The summed E-state index contributed by atoms with van der Waals surface area (Å²) in [6.45, 7) is 7.18. The molecule has 0 radical (unpaired) electrons. The summed E-state index contributed by atoms with van der Waals surface area (Å²) in [5.74, 6) is 1.74. The van der Waals surface area contributed by atoms with Crippen molar-refractivity contribution in [2.75, 3.05) is 6.54 Å². The van der Waals surface area contributed by atoms with Gasteiger partial charge in [0.15, 0.2) is 0 Å². The van der Waals surface area contributed by atoms with Crippen LogP contribution in [0.4, 0.5) is 0 Å². The Balaban J connectivity index is 1.74. The number of amides is 2. The van der Waals surface area contributed by atoms with Crippen molar-refractivity contribution in [1.82, 2.24) is 9.80 Å². The van der Waals surface area contributed by atoms with Gasteiger partial charge in [0, 0.05) is 18.5 Å². The lowest BCUT2D eigenvalue weighted by molar-refractivity contribution is -0.144. The van der Waals surface area contributed by atoms with E-state index in [0.717, 1.165) is 55.6 Å². The third-order valence-corrected chi connectivity index (χ3v) is 6.04. The summed E-state index contributed by atoms with van der Waals surface area (Å²) in [5.41, 5.74) is 1.07. The SMILES string of the molecule is CCCC[C@H](CC)C(=O)N(CC(=O)N(Cc1ccccc1)Cc1ccc(C)o1)C1CC1. The number of rotatable bonds is 12. The minimum absolute atomic E-state index is 0.0173. The predicted molar refractivity (Wildman–Crippen MR) is 122 cm³/mol. The maximum Gasteiger partial charge on any atom is 0.242 e. The lowest BCUT2D eigenvalue weighted by Gasteiger charge is -2.30. The minimum atomic E-state index is -0.0245. The number of unbranched alkanes of at least 4 members (excludes halogenated alkanes) is 1. The van der Waals surface area contributed by atoms with Gasteiger partial charge in [0.05, 0.1) is 6.54 Å². The first-order valence-electron chi connectivity index (χ1n) is 11.7. The van der Waals surface area contributed by atoms with E-state index in [4.69, 9.17) is 4.42 Å². The van der Waals surface area contributed by atoms with Crippen LogP contribution in [0.2, 0.25) is 0 Å². The molecule has 3 rings (SSSR count). The van der Waals surface area contributed by atoms with Crippen LogP contribution in [0.25, 0.3) is 0 Å². The molecule has 1 atom stereocenters. The summed E-state index contributed by atoms with van der Waals surface area (Å²) in [7, 11) is 0. The van der Waals surface area contributed by atoms with Crippen LogP contribution in [-0.4, -0.2) is 34.2 Å². The van der Waals surface area contributed by atoms with Gasteiger partial charge in [0.2, 0.25) is 11.8 Å². The van der Waals surface area contributed by atoms with Crippen molar-refractivity contribution in [3.8, 4) is 0 Å². The molecule has 1 aromatic heterocycles. The molecule has 1 heterocycles. The highest BCUT2D eigenvalue weighted by Gasteiger charge is 2.37. The summed E-state index contributed by atoms with van der Waals surface area (Å²) in [4.78, 5) is 30.4. The van der Waals surface area contributed by atoms with Crippen molar-refractivity contribution in [3.05, 3.63) is 59.5 Å². The second-order valence-corrected chi connectivity index (χ2v) is 8.69. The second kappa shape index (κ2) is 11.2. The van der Waals surface area contributed by atoms with E-state index in [1.807, 2.05) is 59.2 Å². The van der Waals surface area contributed by atoms with Gasteiger partial charge in [-0.1, -0.05) is 57.0 Å². The van der Waals surface area contributed by atoms with E-state index < -0.39 is 0 Å². The van der Waals surface area contributed by atoms with E-state index in [1.165, 1.54) is 0 Å². The summed E-state index contributed by atoms with van der Waals surface area (Å²) >= 11 is 0. The molecule has 1 fully saturated rings. The summed E-state index contributed by atoms with van der Waals surface area (Å²) < 4.78 is 5.74. The van der Waals surface area contributed by atoms with E-state index in [1.54, 1.807) is 0 Å². The molecule has 0 bridgehead atoms. The zero-order chi connectivity index (χ0) is 22.2. The molecule has 0 unspecified atom stereocenters. The fourth-order valence-electron chi connectivity index (χ4n) is 4.00. The number of aryl methyl sites for hydroxylation is 1. The maximum absolute atomic E-state index is 13.4. The van der Waals surface area contributed by atoms with Crippen LogP contribution >= 0.6 is 0 Å². The normalized spacial score (nSPS) is 14.3. The molecule has 1 aliphatic carbocycles. The molecule has 1 aliphatic rings. The number of benzene rings is 1. The van der Waals surface area contributed by atoms with Crippen LogP contribution in [-0.2, 0) is 22.7 Å². The first-order valence-corrected chi connectivity index (χ1v) is 11.7. The Morgan fingerprint density at radius 2 is 1.81 bits per heavy atom. The quantitative estimate of drug-likeness (QED) is 0.463. The van der Waals surface area contributed by atoms with Gasteiger partial charge in [-0.15, -0.1) is 0 Å². The van der Waals surface area contributed by atoms with Crippen molar-refractivity contribution in [2.45, 2.75) is 78.4 Å². The maximum atomic E-state index is 13.4. The minimum Gasteiger partial charge on any atom is -0.464 e. The highest BCUT2D eigenvalue weighted by molar-refractivity contribution is 5.86. The Bertz CT molecular complexity index is 841. The molecule has 1 aromatic carbocycles. The molecular weight excluding hydrogens is 388 g/mol. The summed E-state index contributed by atoms with van der Waals surface area (Å²) in [6.07, 6.45) is 5.87. The Hall–Kier alpha value is -2.56. The van der Waals surface area contributed by atoms with Crippen molar-refractivity contribution in [3.63, 3.8) is 0 Å². The highest BCUT2D eigenvalue weighted by atomic mass is 16.3. The number of hydrogen-bond donors (Lipinski definition) is 0. The van der Waals surface area contributed by atoms with Gasteiger partial charge in [-0.2, -0.15) is 0 Å².